The Hall–Kier alpha value is -3.27. The van der Waals surface area contributed by atoms with E-state index in [0.717, 1.165) is 3.97 Å². The number of aromatic nitrogens is 1. The molecule has 3 rings (SSSR count). The Kier molecular flexibility index (Phi) is 8.26. The Labute approximate surface area is 203 Å². The molecular formula is C26H28FNO6S. The number of aliphatic hydroxyl groups excluding tert-OH is 2. The van der Waals surface area contributed by atoms with Crippen molar-refractivity contribution in [2.75, 3.05) is 0 Å². The highest BCUT2D eigenvalue weighted by Crippen LogP contribution is 2.36. The summed E-state index contributed by atoms with van der Waals surface area (Å²) in [5, 5.41) is 29.0. The van der Waals surface area contributed by atoms with Crippen molar-refractivity contribution in [2.24, 2.45) is 0 Å². The van der Waals surface area contributed by atoms with E-state index < -0.39 is 40.4 Å². The van der Waals surface area contributed by atoms with Gasteiger partial charge in [-0.15, -0.1) is 0 Å². The molecule has 0 bridgehead atoms. The lowest BCUT2D eigenvalue weighted by Crippen LogP contribution is -2.19. The molecule has 3 aromatic rings. The average molecular weight is 502 g/mol. The van der Waals surface area contributed by atoms with Crippen LogP contribution in [0.1, 0.15) is 43.7 Å². The van der Waals surface area contributed by atoms with Gasteiger partial charge in [0, 0.05) is 23.7 Å². The summed E-state index contributed by atoms with van der Waals surface area (Å²) in [5.41, 5.74) is 1.95. The second-order valence-corrected chi connectivity index (χ2v) is 10.4. The lowest BCUT2D eigenvalue weighted by atomic mass is 9.97. The number of carboxylic acid groups (broad SMARTS) is 1. The smallest absolute Gasteiger partial charge is 0.305 e. The van der Waals surface area contributed by atoms with E-state index in [2.05, 4.69) is 0 Å². The second kappa shape index (κ2) is 11.0. The fourth-order valence-electron chi connectivity index (χ4n) is 3.79. The number of aliphatic hydroxyl groups is 2. The van der Waals surface area contributed by atoms with E-state index >= 15 is 0 Å². The van der Waals surface area contributed by atoms with E-state index in [9.17, 15) is 27.8 Å². The number of carbonyl (C=O) groups is 1. The maximum atomic E-state index is 13.7. The van der Waals surface area contributed by atoms with Crippen molar-refractivity contribution in [2.45, 2.75) is 49.7 Å². The van der Waals surface area contributed by atoms with Gasteiger partial charge in [-0.1, -0.05) is 44.2 Å². The lowest BCUT2D eigenvalue weighted by Gasteiger charge is -2.13. The zero-order valence-corrected chi connectivity index (χ0v) is 20.2. The molecule has 0 amide bonds. The molecule has 186 valence electrons. The third kappa shape index (κ3) is 6.25. The predicted molar refractivity (Wildman–Crippen MR) is 131 cm³/mol. The minimum atomic E-state index is -4.01. The van der Waals surface area contributed by atoms with Crippen molar-refractivity contribution in [1.29, 1.82) is 0 Å². The van der Waals surface area contributed by atoms with Crippen LogP contribution in [0.15, 0.2) is 71.8 Å². The van der Waals surface area contributed by atoms with Gasteiger partial charge in [0.2, 0.25) is 0 Å². The third-order valence-electron chi connectivity index (χ3n) is 5.49. The quantitative estimate of drug-likeness (QED) is 0.382. The van der Waals surface area contributed by atoms with E-state index in [1.807, 2.05) is 13.8 Å². The van der Waals surface area contributed by atoms with Crippen LogP contribution < -0.4 is 0 Å². The van der Waals surface area contributed by atoms with Gasteiger partial charge in [-0.3, -0.25) is 4.79 Å². The van der Waals surface area contributed by atoms with Crippen LogP contribution in [0.25, 0.3) is 17.3 Å². The highest BCUT2D eigenvalue weighted by molar-refractivity contribution is 7.90. The molecule has 7 nitrogen and oxygen atoms in total. The Bertz CT molecular complexity index is 1300. The number of nitrogens with zero attached hydrogens (tertiary/aromatic N) is 1. The zero-order valence-electron chi connectivity index (χ0n) is 19.4. The molecule has 0 fully saturated rings. The third-order valence-corrected chi connectivity index (χ3v) is 7.17. The van der Waals surface area contributed by atoms with Crippen LogP contribution in [0.5, 0.6) is 0 Å². The standard InChI is InChI=1S/C26H28FNO6S/c1-17(2)24-16-28(35(33,34)22-6-4-3-5-7-22)26(18-8-10-19(27)11-9-18)23(24)13-12-20(29)14-21(30)15-25(31)32/h3-13,16-17,20-21,29-30H,14-15H2,1-2H3,(H,31,32)/b13-12+/t20-,21-/m1/s1. The van der Waals surface area contributed by atoms with Gasteiger partial charge in [0.05, 0.1) is 29.2 Å². The molecular weight excluding hydrogens is 473 g/mol. The largest absolute Gasteiger partial charge is 0.481 e. The highest BCUT2D eigenvalue weighted by atomic mass is 32.2. The van der Waals surface area contributed by atoms with Crippen molar-refractivity contribution in [3.05, 3.63) is 83.8 Å². The molecule has 0 saturated heterocycles. The zero-order chi connectivity index (χ0) is 25.8. The number of halogens is 1. The fourth-order valence-corrected chi connectivity index (χ4v) is 5.21. The number of aliphatic carboxylic acids is 1. The van der Waals surface area contributed by atoms with Gasteiger partial charge in [0.25, 0.3) is 10.0 Å². The van der Waals surface area contributed by atoms with Gasteiger partial charge in [-0.25, -0.2) is 16.8 Å². The first-order valence-corrected chi connectivity index (χ1v) is 12.5. The minimum Gasteiger partial charge on any atom is -0.481 e. The summed E-state index contributed by atoms with van der Waals surface area (Å²) >= 11 is 0. The van der Waals surface area contributed by atoms with Crippen LogP contribution in [-0.4, -0.2) is 45.9 Å². The minimum absolute atomic E-state index is 0.0843. The first-order valence-electron chi connectivity index (χ1n) is 11.1. The summed E-state index contributed by atoms with van der Waals surface area (Å²) in [5.74, 6) is -1.75. The van der Waals surface area contributed by atoms with E-state index in [1.165, 1.54) is 48.7 Å². The molecule has 0 spiro atoms. The van der Waals surface area contributed by atoms with Gasteiger partial charge < -0.3 is 15.3 Å². The number of benzene rings is 2. The molecule has 2 aromatic carbocycles. The van der Waals surface area contributed by atoms with Gasteiger partial charge >= 0.3 is 5.97 Å². The summed E-state index contributed by atoms with van der Waals surface area (Å²) in [6.45, 7) is 3.79. The molecule has 1 aromatic heterocycles. The van der Waals surface area contributed by atoms with Crippen LogP contribution in [0.2, 0.25) is 0 Å². The van der Waals surface area contributed by atoms with Crippen molar-refractivity contribution >= 4 is 22.1 Å². The summed E-state index contributed by atoms with van der Waals surface area (Å²) < 4.78 is 42.0. The summed E-state index contributed by atoms with van der Waals surface area (Å²) in [7, 11) is -4.01. The first-order chi connectivity index (χ1) is 16.5. The van der Waals surface area contributed by atoms with Gasteiger partial charge in [-0.2, -0.15) is 0 Å². The van der Waals surface area contributed by atoms with Gasteiger partial charge in [0.15, 0.2) is 0 Å². The molecule has 0 saturated carbocycles. The fraction of sp³-hybridized carbons (Fsp3) is 0.269. The van der Waals surface area contributed by atoms with Crippen molar-refractivity contribution < 1.29 is 32.9 Å². The maximum absolute atomic E-state index is 13.7. The molecule has 0 aliphatic rings. The molecule has 1 heterocycles. The van der Waals surface area contributed by atoms with Crippen molar-refractivity contribution in [3.8, 4) is 11.3 Å². The highest BCUT2D eigenvalue weighted by Gasteiger charge is 2.26. The number of hydrogen-bond acceptors (Lipinski definition) is 5. The van der Waals surface area contributed by atoms with Crippen LogP contribution in [0, 0.1) is 5.82 Å². The SMILES string of the molecule is CC(C)c1cn(S(=O)(=O)c2ccccc2)c(-c2ccc(F)cc2)c1/C=C/[C@@H](O)C[C@@H](O)CC(=O)O. The van der Waals surface area contributed by atoms with Crippen LogP contribution in [0.3, 0.4) is 0 Å². The summed E-state index contributed by atoms with van der Waals surface area (Å²) in [6.07, 6.45) is 1.36. The average Bonchev–Trinajstić information content (AvgIpc) is 3.19. The normalized spacial score (nSPS) is 13.9. The molecule has 0 radical (unpaired) electrons. The van der Waals surface area contributed by atoms with E-state index in [-0.39, 0.29) is 17.2 Å². The lowest BCUT2D eigenvalue weighted by molar-refractivity contribution is -0.139. The Balaban J connectivity index is 2.17. The second-order valence-electron chi connectivity index (χ2n) is 8.54. The Morgan fingerprint density at radius 2 is 1.69 bits per heavy atom. The Morgan fingerprint density at radius 3 is 2.26 bits per heavy atom. The maximum Gasteiger partial charge on any atom is 0.305 e. The van der Waals surface area contributed by atoms with Crippen LogP contribution in [0.4, 0.5) is 4.39 Å². The number of hydrogen-bond donors (Lipinski definition) is 3. The molecule has 2 atom stereocenters. The van der Waals surface area contributed by atoms with E-state index in [4.69, 9.17) is 5.11 Å². The number of rotatable bonds is 10. The number of carboxylic acids is 1. The molecule has 3 N–H and O–H groups in total. The van der Waals surface area contributed by atoms with Crippen molar-refractivity contribution in [3.63, 3.8) is 0 Å². The predicted octanol–water partition coefficient (Wildman–Crippen LogP) is 4.25. The molecule has 35 heavy (non-hydrogen) atoms. The van der Waals surface area contributed by atoms with E-state index in [0.29, 0.717) is 22.4 Å². The summed E-state index contributed by atoms with van der Waals surface area (Å²) in [4.78, 5) is 10.9. The Morgan fingerprint density at radius 1 is 1.06 bits per heavy atom. The van der Waals surface area contributed by atoms with E-state index in [1.54, 1.807) is 24.3 Å². The van der Waals surface area contributed by atoms with Crippen LogP contribution >= 0.6 is 0 Å². The molecule has 0 unspecified atom stereocenters. The first kappa shape index (κ1) is 26.3. The molecule has 0 aliphatic heterocycles. The monoisotopic (exact) mass is 501 g/mol. The molecule has 0 aliphatic carbocycles. The molecule has 9 heteroatoms. The van der Waals surface area contributed by atoms with Crippen LogP contribution in [-0.2, 0) is 14.8 Å². The van der Waals surface area contributed by atoms with Crippen molar-refractivity contribution in [1.82, 2.24) is 3.97 Å². The van der Waals surface area contributed by atoms with Gasteiger partial charge in [0.1, 0.15) is 5.82 Å². The van der Waals surface area contributed by atoms with Gasteiger partial charge in [-0.05, 0) is 47.9 Å². The summed E-state index contributed by atoms with van der Waals surface area (Å²) in [6, 6.07) is 13.4. The topological polar surface area (TPSA) is 117 Å².